The Morgan fingerprint density at radius 2 is 1.96 bits per heavy atom. The predicted octanol–water partition coefficient (Wildman–Crippen LogP) is 4.95. The van der Waals surface area contributed by atoms with Crippen molar-refractivity contribution in [2.75, 3.05) is 6.54 Å². The summed E-state index contributed by atoms with van der Waals surface area (Å²) < 4.78 is 0. The molecule has 0 aromatic heterocycles. The van der Waals surface area contributed by atoms with Gasteiger partial charge >= 0.3 is 5.97 Å². The molecule has 0 heterocycles. The topological polar surface area (TPSA) is 61.7 Å². The second kappa shape index (κ2) is 10.6. The van der Waals surface area contributed by atoms with E-state index in [9.17, 15) is 4.79 Å². The van der Waals surface area contributed by atoms with Crippen LogP contribution in [-0.2, 0) is 4.79 Å². The van der Waals surface area contributed by atoms with Crippen molar-refractivity contribution in [3.63, 3.8) is 0 Å². The Morgan fingerprint density at radius 1 is 1.21 bits per heavy atom. The van der Waals surface area contributed by atoms with E-state index in [0.717, 1.165) is 6.42 Å². The number of benzene rings is 1. The molecule has 0 radical (unpaired) electrons. The van der Waals surface area contributed by atoms with Crippen LogP contribution in [0.2, 0.25) is 0 Å². The van der Waals surface area contributed by atoms with Gasteiger partial charge in [0.25, 0.3) is 0 Å². The molecule has 0 amide bonds. The molecular weight excluding hydrogens is 348 g/mol. The summed E-state index contributed by atoms with van der Waals surface area (Å²) >= 11 is 0. The van der Waals surface area contributed by atoms with Gasteiger partial charge in [0.05, 0.1) is 0 Å². The zero-order valence-corrected chi connectivity index (χ0v) is 17.0. The summed E-state index contributed by atoms with van der Waals surface area (Å²) in [6.07, 6.45) is 12.5. The lowest BCUT2D eigenvalue weighted by Crippen LogP contribution is -2.35. The first-order valence-electron chi connectivity index (χ1n) is 10.9. The smallest absolute Gasteiger partial charge is 0.303 e. The maximum Gasteiger partial charge on any atom is 0.303 e. The third-order valence-electron chi connectivity index (χ3n) is 6.04. The van der Waals surface area contributed by atoms with Gasteiger partial charge in [-0.1, -0.05) is 48.9 Å². The molecule has 1 aromatic carbocycles. The minimum Gasteiger partial charge on any atom is -0.481 e. The fourth-order valence-corrected chi connectivity index (χ4v) is 4.31. The number of rotatable bonds is 10. The van der Waals surface area contributed by atoms with Crippen molar-refractivity contribution in [2.45, 2.75) is 70.4 Å². The van der Waals surface area contributed by atoms with E-state index in [0.29, 0.717) is 36.9 Å². The monoisotopic (exact) mass is 382 g/mol. The number of nitrogens with one attached hydrogen (secondary N) is 1. The molecule has 0 bridgehead atoms. The van der Waals surface area contributed by atoms with Crippen molar-refractivity contribution < 1.29 is 9.90 Å². The number of carboxylic acid groups (broad SMARTS) is 1. The van der Waals surface area contributed by atoms with E-state index in [1.807, 2.05) is 0 Å². The molecule has 2 N–H and O–H groups in total. The van der Waals surface area contributed by atoms with E-state index in [-0.39, 0.29) is 6.42 Å². The Hall–Kier alpha value is -1.94. The molecular formula is C24H34N2O2. The van der Waals surface area contributed by atoms with Crippen LogP contribution in [0.1, 0.15) is 63.9 Å². The Morgan fingerprint density at radius 3 is 2.64 bits per heavy atom. The molecule has 2 aliphatic carbocycles. The molecule has 4 heteroatoms. The van der Waals surface area contributed by atoms with Crippen LogP contribution in [0.5, 0.6) is 0 Å². The summed E-state index contributed by atoms with van der Waals surface area (Å²) in [4.78, 5) is 14.9. The molecule has 3 rings (SSSR count). The van der Waals surface area contributed by atoms with Crippen molar-refractivity contribution in [1.82, 2.24) is 5.32 Å². The molecule has 2 atom stereocenters. The first-order valence-corrected chi connectivity index (χ1v) is 10.9. The fraction of sp³-hybridized carbons (Fsp3) is 0.583. The second-order valence-electron chi connectivity index (χ2n) is 8.26. The number of carboxylic acids is 1. The first kappa shape index (κ1) is 20.8. The Labute approximate surface area is 169 Å². The molecule has 0 saturated heterocycles. The van der Waals surface area contributed by atoms with Crippen LogP contribution >= 0.6 is 0 Å². The summed E-state index contributed by atoms with van der Waals surface area (Å²) in [6.45, 7) is 2.91. The van der Waals surface area contributed by atoms with Crippen LogP contribution in [0.25, 0.3) is 6.08 Å². The average Bonchev–Trinajstić information content (AvgIpc) is 3.46. The van der Waals surface area contributed by atoms with Gasteiger partial charge in [-0.05, 0) is 62.3 Å². The highest BCUT2D eigenvalue weighted by Crippen LogP contribution is 2.41. The van der Waals surface area contributed by atoms with Crippen molar-refractivity contribution in [3.8, 4) is 0 Å². The maximum atomic E-state index is 10.5. The van der Waals surface area contributed by atoms with Crippen LogP contribution in [0.4, 0.5) is 0 Å². The maximum absolute atomic E-state index is 10.5. The Kier molecular flexibility index (Phi) is 7.84. The van der Waals surface area contributed by atoms with E-state index in [2.05, 4.69) is 59.9 Å². The van der Waals surface area contributed by atoms with Crippen LogP contribution in [0.15, 0.2) is 40.9 Å². The van der Waals surface area contributed by atoms with E-state index >= 15 is 0 Å². The molecule has 2 aliphatic rings. The second-order valence-corrected chi connectivity index (χ2v) is 8.26. The average molecular weight is 383 g/mol. The summed E-state index contributed by atoms with van der Waals surface area (Å²) in [5.74, 6) is 0.547. The number of hydrogen-bond donors (Lipinski definition) is 2. The molecule has 1 aromatic rings. The molecule has 0 spiro atoms. The summed E-state index contributed by atoms with van der Waals surface area (Å²) in [5, 5.41) is 12.6. The van der Waals surface area contributed by atoms with Gasteiger partial charge in [-0.25, -0.2) is 0 Å². The number of aliphatic carboxylic acids is 1. The Balaban J connectivity index is 1.37. The summed E-state index contributed by atoms with van der Waals surface area (Å²) in [5.41, 5.74) is 2.89. The Bertz CT molecular complexity index is 675. The largest absolute Gasteiger partial charge is 0.481 e. The van der Waals surface area contributed by atoms with E-state index in [1.54, 1.807) is 5.57 Å². The highest BCUT2D eigenvalue weighted by Gasteiger charge is 2.40. The van der Waals surface area contributed by atoms with Crippen molar-refractivity contribution in [1.29, 1.82) is 0 Å². The molecule has 1 unspecified atom stereocenters. The first-order chi connectivity index (χ1) is 13.7. The van der Waals surface area contributed by atoms with Gasteiger partial charge in [0.2, 0.25) is 0 Å². The lowest BCUT2D eigenvalue weighted by Gasteiger charge is -2.27. The minimum atomic E-state index is -0.731. The molecule has 4 nitrogen and oxygen atoms in total. The van der Waals surface area contributed by atoms with Gasteiger partial charge in [-0.2, -0.15) is 0 Å². The highest BCUT2D eigenvalue weighted by molar-refractivity contribution is 5.66. The SMILES string of the molecule is CC/C(=C\c1ccccc1)[C@@H]1CC1NC1CCC(/C=N/CCCC(=O)O)CC1. The van der Waals surface area contributed by atoms with Crippen LogP contribution < -0.4 is 5.32 Å². The number of aliphatic imine (C=N–C) groups is 1. The van der Waals surface area contributed by atoms with Crippen LogP contribution in [-0.4, -0.2) is 35.9 Å². The van der Waals surface area contributed by atoms with Gasteiger partial charge in [0.1, 0.15) is 0 Å². The number of carbonyl (C=O) groups is 1. The molecule has 152 valence electrons. The number of nitrogens with zero attached hydrogens (tertiary/aromatic N) is 1. The van der Waals surface area contributed by atoms with E-state index in [1.165, 1.54) is 37.7 Å². The van der Waals surface area contributed by atoms with Crippen molar-refractivity contribution in [2.24, 2.45) is 16.8 Å². The molecule has 2 saturated carbocycles. The van der Waals surface area contributed by atoms with Gasteiger partial charge in [0, 0.05) is 31.3 Å². The fourth-order valence-electron chi connectivity index (χ4n) is 4.31. The third kappa shape index (κ3) is 6.59. The molecule has 28 heavy (non-hydrogen) atoms. The lowest BCUT2D eigenvalue weighted by atomic mass is 9.86. The van der Waals surface area contributed by atoms with Crippen molar-refractivity contribution >= 4 is 18.3 Å². The van der Waals surface area contributed by atoms with Crippen LogP contribution in [0.3, 0.4) is 0 Å². The normalized spacial score (nSPS) is 27.8. The zero-order valence-electron chi connectivity index (χ0n) is 17.0. The predicted molar refractivity (Wildman–Crippen MR) is 116 cm³/mol. The van der Waals surface area contributed by atoms with Crippen LogP contribution in [0, 0.1) is 11.8 Å². The van der Waals surface area contributed by atoms with Gasteiger partial charge in [-0.3, -0.25) is 9.79 Å². The molecule has 0 aliphatic heterocycles. The summed E-state index contributed by atoms with van der Waals surface area (Å²) in [6, 6.07) is 11.9. The zero-order chi connectivity index (χ0) is 19.8. The number of hydrogen-bond acceptors (Lipinski definition) is 3. The standard InChI is InChI=1S/C24H34N2O2/c1-2-20(15-18-7-4-3-5-8-18)22-16-23(22)26-21-12-10-19(11-13-21)17-25-14-6-9-24(27)28/h3-5,7-8,15,17,19,21-23,26H,2,6,9-14,16H2,1H3,(H,27,28)/b20-15+,25-17+/t19?,21?,22-,23?/m0/s1. The van der Waals surface area contributed by atoms with E-state index in [4.69, 9.17) is 5.11 Å². The molecule has 2 fully saturated rings. The minimum absolute atomic E-state index is 0.217. The highest BCUT2D eigenvalue weighted by atomic mass is 16.4. The van der Waals surface area contributed by atoms with Crippen molar-refractivity contribution in [3.05, 3.63) is 41.5 Å². The quantitative estimate of drug-likeness (QED) is 0.444. The lowest BCUT2D eigenvalue weighted by molar-refractivity contribution is -0.137. The summed E-state index contributed by atoms with van der Waals surface area (Å²) in [7, 11) is 0. The van der Waals surface area contributed by atoms with Gasteiger partial charge in [-0.15, -0.1) is 0 Å². The van der Waals surface area contributed by atoms with Gasteiger partial charge < -0.3 is 10.4 Å². The third-order valence-corrected chi connectivity index (χ3v) is 6.04. The van der Waals surface area contributed by atoms with E-state index < -0.39 is 5.97 Å². The van der Waals surface area contributed by atoms with Gasteiger partial charge in [0.15, 0.2) is 0 Å².